The summed E-state index contributed by atoms with van der Waals surface area (Å²) in [6, 6.07) is 5.86. The Morgan fingerprint density at radius 1 is 1.22 bits per heavy atom. The van der Waals surface area contributed by atoms with Crippen LogP contribution in [0.5, 0.6) is 0 Å². The second kappa shape index (κ2) is 6.77. The lowest BCUT2D eigenvalue weighted by atomic mass is 10.0. The number of benzene rings is 1. The molecule has 0 radical (unpaired) electrons. The third kappa shape index (κ3) is 3.01. The van der Waals surface area contributed by atoms with Gasteiger partial charge < -0.3 is 4.90 Å². The van der Waals surface area contributed by atoms with E-state index in [1.54, 1.807) is 12.3 Å². The minimum Gasteiger partial charge on any atom is -0.357 e. The van der Waals surface area contributed by atoms with Crippen molar-refractivity contribution in [3.05, 3.63) is 40.6 Å². The van der Waals surface area contributed by atoms with Crippen LogP contribution in [-0.2, 0) is 0 Å². The highest BCUT2D eigenvalue weighted by molar-refractivity contribution is 6.45. The number of nitrogens with zero attached hydrogens (tertiary/aromatic N) is 3. The topological polar surface area (TPSA) is 44.8 Å². The van der Waals surface area contributed by atoms with Crippen molar-refractivity contribution in [2.45, 2.75) is 20.3 Å². The molecule has 2 aromatic heterocycles. The van der Waals surface area contributed by atoms with Crippen molar-refractivity contribution in [3.63, 3.8) is 0 Å². The van der Waals surface area contributed by atoms with E-state index in [1.807, 2.05) is 12.3 Å². The van der Waals surface area contributed by atoms with Gasteiger partial charge in [0.2, 0.25) is 0 Å². The molecular weight excluding hydrogens is 331 g/mol. The summed E-state index contributed by atoms with van der Waals surface area (Å²) in [7, 11) is 0. The van der Waals surface area contributed by atoms with Crippen molar-refractivity contribution in [1.29, 1.82) is 0 Å². The normalized spacial score (nSPS) is 11.1. The van der Waals surface area contributed by atoms with Crippen LogP contribution >= 0.6 is 23.2 Å². The molecule has 3 aromatic rings. The predicted octanol–water partition coefficient (Wildman–Crippen LogP) is 5.17. The van der Waals surface area contributed by atoms with Crippen LogP contribution in [0.2, 0.25) is 10.0 Å². The number of pyridine rings is 1. The zero-order valence-electron chi connectivity index (χ0n) is 13.1. The fraction of sp³-hybridized carbons (Fsp3) is 0.294. The standard InChI is InChI=1S/C17H18Cl2N4/c1-3-7-23(4-2)15-8-13(11-9-20-21-10-11)12-5-6-14(18)16(19)17(12)22-15/h5-6,8-10H,3-4,7H2,1-2H3,(H,20,21). The molecule has 0 aliphatic rings. The molecule has 0 aliphatic heterocycles. The zero-order chi connectivity index (χ0) is 16.4. The van der Waals surface area contributed by atoms with E-state index in [2.05, 4.69) is 35.0 Å². The molecule has 120 valence electrons. The Labute approximate surface area is 145 Å². The molecule has 1 N–H and O–H groups in total. The van der Waals surface area contributed by atoms with Gasteiger partial charge in [0.05, 0.1) is 21.8 Å². The quantitative estimate of drug-likeness (QED) is 0.691. The highest BCUT2D eigenvalue weighted by Crippen LogP contribution is 2.37. The van der Waals surface area contributed by atoms with Crippen LogP contribution in [0, 0.1) is 0 Å². The number of anilines is 1. The molecule has 4 nitrogen and oxygen atoms in total. The Hall–Kier alpha value is -1.78. The number of fused-ring (bicyclic) bond motifs is 1. The Morgan fingerprint density at radius 3 is 2.70 bits per heavy atom. The molecule has 0 bridgehead atoms. The number of nitrogens with one attached hydrogen (secondary N) is 1. The molecule has 0 saturated carbocycles. The van der Waals surface area contributed by atoms with Crippen LogP contribution in [0.25, 0.3) is 22.0 Å². The van der Waals surface area contributed by atoms with Gasteiger partial charge in [-0.15, -0.1) is 0 Å². The van der Waals surface area contributed by atoms with E-state index in [4.69, 9.17) is 28.2 Å². The number of hydrogen-bond acceptors (Lipinski definition) is 3. The summed E-state index contributed by atoms with van der Waals surface area (Å²) in [5.74, 6) is 0.905. The van der Waals surface area contributed by atoms with Crippen molar-refractivity contribution in [2.75, 3.05) is 18.0 Å². The maximum atomic E-state index is 6.42. The minimum absolute atomic E-state index is 0.489. The molecule has 0 saturated heterocycles. The number of halogens is 2. The lowest BCUT2D eigenvalue weighted by molar-refractivity contribution is 0.781. The van der Waals surface area contributed by atoms with Crippen molar-refractivity contribution < 1.29 is 0 Å². The van der Waals surface area contributed by atoms with Crippen LogP contribution in [0.15, 0.2) is 30.6 Å². The van der Waals surface area contributed by atoms with Gasteiger partial charge in [0.25, 0.3) is 0 Å². The number of aromatic amines is 1. The van der Waals surface area contributed by atoms with Crippen molar-refractivity contribution in [3.8, 4) is 11.1 Å². The second-order valence-corrected chi connectivity index (χ2v) is 6.14. The number of hydrogen-bond donors (Lipinski definition) is 1. The molecule has 0 amide bonds. The lowest BCUT2D eigenvalue weighted by Crippen LogP contribution is -2.24. The number of H-pyrrole nitrogens is 1. The molecule has 0 aliphatic carbocycles. The SMILES string of the molecule is CCCN(CC)c1cc(-c2cn[nH]c2)c2ccc(Cl)c(Cl)c2n1. The molecule has 0 unspecified atom stereocenters. The molecule has 3 rings (SSSR count). The fourth-order valence-electron chi connectivity index (χ4n) is 2.72. The maximum Gasteiger partial charge on any atom is 0.129 e. The summed E-state index contributed by atoms with van der Waals surface area (Å²) in [6.45, 7) is 6.11. The summed E-state index contributed by atoms with van der Waals surface area (Å²) < 4.78 is 0. The smallest absolute Gasteiger partial charge is 0.129 e. The van der Waals surface area contributed by atoms with E-state index in [0.29, 0.717) is 10.0 Å². The monoisotopic (exact) mass is 348 g/mol. The first-order chi connectivity index (χ1) is 11.2. The largest absolute Gasteiger partial charge is 0.357 e. The molecule has 1 aromatic carbocycles. The van der Waals surface area contributed by atoms with Gasteiger partial charge in [0.1, 0.15) is 5.82 Å². The zero-order valence-corrected chi connectivity index (χ0v) is 14.6. The van der Waals surface area contributed by atoms with Gasteiger partial charge in [0, 0.05) is 30.2 Å². The van der Waals surface area contributed by atoms with E-state index < -0.39 is 0 Å². The maximum absolute atomic E-state index is 6.42. The Morgan fingerprint density at radius 2 is 2.04 bits per heavy atom. The van der Waals surface area contributed by atoms with E-state index in [-0.39, 0.29) is 0 Å². The first kappa shape index (κ1) is 16.1. The summed E-state index contributed by atoms with van der Waals surface area (Å²) in [6.07, 6.45) is 4.73. The first-order valence-corrected chi connectivity index (χ1v) is 8.44. The van der Waals surface area contributed by atoms with Crippen LogP contribution in [0.4, 0.5) is 5.82 Å². The molecule has 23 heavy (non-hydrogen) atoms. The molecule has 6 heteroatoms. The average molecular weight is 349 g/mol. The fourth-order valence-corrected chi connectivity index (χ4v) is 3.08. The second-order valence-electron chi connectivity index (χ2n) is 5.35. The third-order valence-electron chi connectivity index (χ3n) is 3.87. The van der Waals surface area contributed by atoms with Crippen molar-refractivity contribution in [1.82, 2.24) is 15.2 Å². The van der Waals surface area contributed by atoms with E-state index in [1.165, 1.54) is 0 Å². The molecular formula is C17H18Cl2N4. The molecule has 0 atom stereocenters. The average Bonchev–Trinajstić information content (AvgIpc) is 3.09. The van der Waals surface area contributed by atoms with Gasteiger partial charge in [-0.2, -0.15) is 5.10 Å². The van der Waals surface area contributed by atoms with Gasteiger partial charge in [-0.25, -0.2) is 4.98 Å². The van der Waals surface area contributed by atoms with Gasteiger partial charge in [-0.1, -0.05) is 36.2 Å². The van der Waals surface area contributed by atoms with Gasteiger partial charge in [-0.3, -0.25) is 5.10 Å². The molecule has 0 spiro atoms. The van der Waals surface area contributed by atoms with Gasteiger partial charge in [-0.05, 0) is 31.0 Å². The first-order valence-electron chi connectivity index (χ1n) is 7.68. The van der Waals surface area contributed by atoms with Gasteiger partial charge in [0.15, 0.2) is 0 Å². The van der Waals surface area contributed by atoms with Crippen LogP contribution in [0.1, 0.15) is 20.3 Å². The highest BCUT2D eigenvalue weighted by Gasteiger charge is 2.15. The summed E-state index contributed by atoms with van der Waals surface area (Å²) in [5.41, 5.74) is 2.78. The van der Waals surface area contributed by atoms with Crippen LogP contribution in [0.3, 0.4) is 0 Å². The van der Waals surface area contributed by atoms with Crippen LogP contribution < -0.4 is 4.90 Å². The number of aromatic nitrogens is 3. The molecule has 2 heterocycles. The summed E-state index contributed by atoms with van der Waals surface area (Å²) >= 11 is 12.6. The van der Waals surface area contributed by atoms with Crippen molar-refractivity contribution >= 4 is 39.9 Å². The Bertz CT molecular complexity index is 815. The predicted molar refractivity (Wildman–Crippen MR) is 97.5 cm³/mol. The molecule has 0 fully saturated rings. The lowest BCUT2D eigenvalue weighted by Gasteiger charge is -2.23. The number of rotatable bonds is 5. The highest BCUT2D eigenvalue weighted by atomic mass is 35.5. The minimum atomic E-state index is 0.489. The van der Waals surface area contributed by atoms with E-state index >= 15 is 0 Å². The van der Waals surface area contributed by atoms with Crippen LogP contribution in [-0.4, -0.2) is 28.3 Å². The van der Waals surface area contributed by atoms with Crippen molar-refractivity contribution in [2.24, 2.45) is 0 Å². The summed E-state index contributed by atoms with van der Waals surface area (Å²) in [4.78, 5) is 7.01. The van der Waals surface area contributed by atoms with E-state index in [0.717, 1.165) is 47.4 Å². The third-order valence-corrected chi connectivity index (χ3v) is 4.66. The van der Waals surface area contributed by atoms with E-state index in [9.17, 15) is 0 Å². The Kier molecular flexibility index (Phi) is 4.74. The van der Waals surface area contributed by atoms with Gasteiger partial charge >= 0.3 is 0 Å². The Balaban J connectivity index is 2.29. The summed E-state index contributed by atoms with van der Waals surface area (Å²) in [5, 5.41) is 8.90.